The van der Waals surface area contributed by atoms with Gasteiger partial charge < -0.3 is 14.6 Å². The predicted molar refractivity (Wildman–Crippen MR) is 76.8 cm³/mol. The Hall–Kier alpha value is -1.71. The van der Waals surface area contributed by atoms with Crippen LogP contribution in [-0.4, -0.2) is 25.3 Å². The summed E-state index contributed by atoms with van der Waals surface area (Å²) in [7, 11) is 3.31. The van der Waals surface area contributed by atoms with Crippen molar-refractivity contribution in [3.8, 4) is 11.5 Å². The van der Waals surface area contributed by atoms with Gasteiger partial charge in [0.2, 0.25) is 0 Å². The zero-order chi connectivity index (χ0) is 14.9. The summed E-state index contributed by atoms with van der Waals surface area (Å²) < 4.78 is 11.1. The molecular formula is C16H22O4. The van der Waals surface area contributed by atoms with Crippen molar-refractivity contribution < 1.29 is 19.4 Å². The number of carbonyl (C=O) groups is 1. The monoisotopic (exact) mass is 278 g/mol. The maximum Gasteiger partial charge on any atom is 0.304 e. The molecule has 0 unspecified atom stereocenters. The first-order chi connectivity index (χ1) is 9.40. The van der Waals surface area contributed by atoms with Crippen LogP contribution in [0.1, 0.15) is 43.4 Å². The van der Waals surface area contributed by atoms with Gasteiger partial charge in [-0.25, -0.2) is 0 Å². The normalized spacial score (nSPS) is 14.0. The number of aliphatic carboxylic acids is 1. The summed E-state index contributed by atoms with van der Waals surface area (Å²) in [6.07, 6.45) is 3.11. The molecule has 0 aliphatic heterocycles. The summed E-state index contributed by atoms with van der Waals surface area (Å²) in [6.45, 7) is 3.86. The van der Waals surface area contributed by atoms with Crippen molar-refractivity contribution in [3.63, 3.8) is 0 Å². The minimum atomic E-state index is -0.809. The maximum atomic E-state index is 11.1. The second-order valence-corrected chi connectivity index (χ2v) is 5.92. The van der Waals surface area contributed by atoms with Crippen LogP contribution in [0.2, 0.25) is 0 Å². The Bertz CT molecular complexity index is 532. The summed E-state index contributed by atoms with van der Waals surface area (Å²) in [6, 6.07) is 1.95. The molecule has 1 aromatic rings. The number of methoxy groups -OCH3 is 2. The molecule has 1 N–H and O–H groups in total. The van der Waals surface area contributed by atoms with E-state index in [2.05, 4.69) is 0 Å². The highest BCUT2D eigenvalue weighted by molar-refractivity contribution is 5.70. The Morgan fingerprint density at radius 3 is 2.45 bits per heavy atom. The van der Waals surface area contributed by atoms with Gasteiger partial charge in [0.25, 0.3) is 0 Å². The number of rotatable bonds is 5. The van der Waals surface area contributed by atoms with E-state index in [-0.39, 0.29) is 6.42 Å². The Kier molecular flexibility index (Phi) is 3.93. The summed E-state index contributed by atoms with van der Waals surface area (Å²) >= 11 is 0. The molecule has 2 rings (SSSR count). The largest absolute Gasteiger partial charge is 0.496 e. The van der Waals surface area contributed by atoms with E-state index in [1.165, 1.54) is 11.1 Å². The molecule has 0 fully saturated rings. The molecule has 1 aromatic carbocycles. The Balaban J connectivity index is 2.60. The van der Waals surface area contributed by atoms with E-state index in [1.807, 2.05) is 19.9 Å². The van der Waals surface area contributed by atoms with Crippen LogP contribution in [0.5, 0.6) is 11.5 Å². The van der Waals surface area contributed by atoms with E-state index < -0.39 is 11.4 Å². The van der Waals surface area contributed by atoms with Crippen LogP contribution in [0, 0.1) is 0 Å². The molecule has 1 aliphatic carbocycles. The number of hydrogen-bond acceptors (Lipinski definition) is 3. The van der Waals surface area contributed by atoms with Crippen molar-refractivity contribution in [3.05, 3.63) is 22.8 Å². The summed E-state index contributed by atoms with van der Waals surface area (Å²) in [5.74, 6) is 0.882. The first kappa shape index (κ1) is 14.7. The third kappa shape index (κ3) is 2.47. The number of hydrogen-bond donors (Lipinski definition) is 1. The fourth-order valence-electron chi connectivity index (χ4n) is 3.10. The van der Waals surface area contributed by atoms with Gasteiger partial charge in [-0.2, -0.15) is 0 Å². The van der Waals surface area contributed by atoms with E-state index >= 15 is 0 Å². The second kappa shape index (κ2) is 5.35. The van der Waals surface area contributed by atoms with Gasteiger partial charge in [0, 0.05) is 22.1 Å². The van der Waals surface area contributed by atoms with Gasteiger partial charge in [-0.05, 0) is 25.3 Å². The van der Waals surface area contributed by atoms with E-state index in [1.54, 1.807) is 14.2 Å². The van der Waals surface area contributed by atoms with Gasteiger partial charge in [0.05, 0.1) is 20.6 Å². The van der Waals surface area contributed by atoms with E-state index in [0.29, 0.717) is 0 Å². The molecule has 0 amide bonds. The van der Waals surface area contributed by atoms with Gasteiger partial charge in [-0.15, -0.1) is 0 Å². The molecule has 0 bridgehead atoms. The molecule has 0 heterocycles. The van der Waals surface area contributed by atoms with Crippen molar-refractivity contribution in [2.75, 3.05) is 14.2 Å². The van der Waals surface area contributed by atoms with Crippen molar-refractivity contribution >= 4 is 5.97 Å². The number of carboxylic acids is 1. The minimum Gasteiger partial charge on any atom is -0.496 e. The Morgan fingerprint density at radius 2 is 1.90 bits per heavy atom. The molecule has 20 heavy (non-hydrogen) atoms. The van der Waals surface area contributed by atoms with Gasteiger partial charge in [-0.3, -0.25) is 4.79 Å². The second-order valence-electron chi connectivity index (χ2n) is 5.92. The lowest BCUT2D eigenvalue weighted by atomic mass is 9.79. The van der Waals surface area contributed by atoms with Crippen LogP contribution in [0.25, 0.3) is 0 Å². The van der Waals surface area contributed by atoms with Crippen molar-refractivity contribution in [1.29, 1.82) is 0 Å². The van der Waals surface area contributed by atoms with Crippen LogP contribution >= 0.6 is 0 Å². The third-order valence-electron chi connectivity index (χ3n) is 4.06. The number of fused-ring (bicyclic) bond motifs is 1. The van der Waals surface area contributed by atoms with Crippen LogP contribution in [-0.2, 0) is 23.1 Å². The zero-order valence-electron chi connectivity index (χ0n) is 12.6. The maximum absolute atomic E-state index is 11.1. The molecule has 110 valence electrons. The van der Waals surface area contributed by atoms with Gasteiger partial charge >= 0.3 is 5.97 Å². The lowest BCUT2D eigenvalue weighted by Gasteiger charge is -2.28. The Labute approximate surface area is 119 Å². The first-order valence-corrected chi connectivity index (χ1v) is 6.89. The molecule has 0 radical (unpaired) electrons. The fourth-order valence-corrected chi connectivity index (χ4v) is 3.10. The molecule has 4 nitrogen and oxygen atoms in total. The molecular weight excluding hydrogens is 256 g/mol. The number of benzene rings is 1. The van der Waals surface area contributed by atoms with E-state index in [0.717, 1.165) is 36.3 Å². The molecule has 0 aromatic heterocycles. The topological polar surface area (TPSA) is 55.8 Å². The molecule has 4 heteroatoms. The van der Waals surface area contributed by atoms with E-state index in [4.69, 9.17) is 14.6 Å². The molecule has 0 atom stereocenters. The average molecular weight is 278 g/mol. The zero-order valence-corrected chi connectivity index (χ0v) is 12.6. The third-order valence-corrected chi connectivity index (χ3v) is 4.06. The quantitative estimate of drug-likeness (QED) is 0.899. The molecule has 0 saturated carbocycles. The van der Waals surface area contributed by atoms with Crippen LogP contribution in [0.15, 0.2) is 6.07 Å². The highest BCUT2D eigenvalue weighted by Crippen LogP contribution is 2.45. The van der Waals surface area contributed by atoms with Crippen molar-refractivity contribution in [2.24, 2.45) is 0 Å². The summed E-state index contributed by atoms with van der Waals surface area (Å²) in [5, 5.41) is 9.12. The first-order valence-electron chi connectivity index (χ1n) is 6.89. The molecule has 0 spiro atoms. The van der Waals surface area contributed by atoms with Crippen molar-refractivity contribution in [2.45, 2.75) is 44.9 Å². The summed E-state index contributed by atoms with van der Waals surface area (Å²) in [4.78, 5) is 11.1. The van der Waals surface area contributed by atoms with E-state index in [9.17, 15) is 4.79 Å². The van der Waals surface area contributed by atoms with Crippen molar-refractivity contribution in [1.82, 2.24) is 0 Å². The highest BCUT2D eigenvalue weighted by atomic mass is 16.5. The average Bonchev–Trinajstić information content (AvgIpc) is 2.84. The number of carboxylic acid groups (broad SMARTS) is 1. The molecule has 0 saturated heterocycles. The lowest BCUT2D eigenvalue weighted by Crippen LogP contribution is -2.23. The molecule has 1 aliphatic rings. The Morgan fingerprint density at radius 1 is 1.25 bits per heavy atom. The minimum absolute atomic E-state index is 0.0608. The summed E-state index contributed by atoms with van der Waals surface area (Å²) in [5.41, 5.74) is 2.81. The standard InChI is InChI=1S/C16H22O4/c1-16(2,9-14(17)18)12-8-13(19-3)10-6-5-7-11(10)15(12)20-4/h8H,5-7,9H2,1-4H3,(H,17,18). The SMILES string of the molecule is COc1cc(C(C)(C)CC(=O)O)c(OC)c2c1CCC2. The van der Waals surface area contributed by atoms with Gasteiger partial charge in [-0.1, -0.05) is 13.8 Å². The predicted octanol–water partition coefficient (Wildman–Crippen LogP) is 2.94. The van der Waals surface area contributed by atoms with Crippen LogP contribution < -0.4 is 9.47 Å². The van der Waals surface area contributed by atoms with Crippen LogP contribution in [0.4, 0.5) is 0 Å². The van der Waals surface area contributed by atoms with Gasteiger partial charge in [0.1, 0.15) is 11.5 Å². The fraction of sp³-hybridized carbons (Fsp3) is 0.562. The smallest absolute Gasteiger partial charge is 0.304 e. The highest BCUT2D eigenvalue weighted by Gasteiger charge is 2.32. The van der Waals surface area contributed by atoms with Gasteiger partial charge in [0.15, 0.2) is 0 Å². The lowest BCUT2D eigenvalue weighted by molar-refractivity contribution is -0.138. The number of ether oxygens (including phenoxy) is 2. The van der Waals surface area contributed by atoms with Crippen LogP contribution in [0.3, 0.4) is 0 Å².